The number of carbonyl (C=O) groups excluding carboxylic acids is 4. The van der Waals surface area contributed by atoms with Gasteiger partial charge in [0.25, 0.3) is 0 Å². The molecule has 4 N–H and O–H groups in total. The molecule has 13 heteroatoms. The van der Waals surface area contributed by atoms with Gasteiger partial charge in [0.1, 0.15) is 11.6 Å². The molecule has 3 amide bonds. The van der Waals surface area contributed by atoms with Gasteiger partial charge in [-0.1, -0.05) is 30.3 Å². The Kier molecular flexibility index (Phi) is 12.3. The molecule has 1 heterocycles. The second kappa shape index (κ2) is 16.9. The predicted octanol–water partition coefficient (Wildman–Crippen LogP) is 6.88. The molecule has 1 aromatic heterocycles. The molecule has 1 saturated carbocycles. The van der Waals surface area contributed by atoms with Crippen molar-refractivity contribution < 1.29 is 28.7 Å². The fourth-order valence-corrected chi connectivity index (χ4v) is 6.40. The molecular formula is C39H45ClN6O6. The Bertz CT molecular complexity index is 1880. The van der Waals surface area contributed by atoms with Crippen molar-refractivity contribution in [2.75, 3.05) is 19.0 Å². The molecule has 0 saturated heterocycles. The molecule has 1 atom stereocenters. The molecule has 0 radical (unpaired) electrons. The van der Waals surface area contributed by atoms with E-state index in [0.717, 1.165) is 40.7 Å². The van der Waals surface area contributed by atoms with E-state index in [2.05, 4.69) is 31.1 Å². The number of nitrogens with zero attached hydrogens (tertiary/aromatic N) is 2. The molecular weight excluding hydrogens is 684 g/mol. The normalized spacial score (nSPS) is 16.3. The van der Waals surface area contributed by atoms with E-state index in [1.54, 1.807) is 36.4 Å². The summed E-state index contributed by atoms with van der Waals surface area (Å²) in [6.45, 7) is 7.88. The van der Waals surface area contributed by atoms with Crippen LogP contribution in [0.15, 0.2) is 66.7 Å². The zero-order valence-corrected chi connectivity index (χ0v) is 30.8. The van der Waals surface area contributed by atoms with Crippen LogP contribution in [0.1, 0.15) is 67.9 Å². The minimum absolute atomic E-state index is 0.172. The summed E-state index contributed by atoms with van der Waals surface area (Å²) in [5.41, 5.74) is 4.91. The minimum Gasteiger partial charge on any atom is -0.465 e. The summed E-state index contributed by atoms with van der Waals surface area (Å²) in [6.07, 6.45) is 2.66. The number of methoxy groups -OCH3 is 1. The third-order valence-corrected chi connectivity index (χ3v) is 9.19. The third-order valence-electron chi connectivity index (χ3n) is 9.02. The van der Waals surface area contributed by atoms with Gasteiger partial charge in [-0.05, 0) is 130 Å². The van der Waals surface area contributed by atoms with E-state index in [1.165, 1.54) is 7.11 Å². The van der Waals surface area contributed by atoms with E-state index in [1.807, 2.05) is 58.0 Å². The Morgan fingerprint density at radius 1 is 0.923 bits per heavy atom. The van der Waals surface area contributed by atoms with Gasteiger partial charge in [-0.15, -0.1) is 10.2 Å². The van der Waals surface area contributed by atoms with Crippen LogP contribution in [-0.4, -0.2) is 64.4 Å². The number of alkyl carbamates (subject to hydrolysis) is 1. The van der Waals surface area contributed by atoms with Crippen LogP contribution in [0.4, 0.5) is 10.5 Å². The van der Waals surface area contributed by atoms with Gasteiger partial charge in [0.2, 0.25) is 17.1 Å². The largest absolute Gasteiger partial charge is 0.465 e. The number of halogens is 1. The molecule has 52 heavy (non-hydrogen) atoms. The molecule has 3 aromatic carbocycles. The van der Waals surface area contributed by atoms with Crippen molar-refractivity contribution in [2.24, 2.45) is 11.8 Å². The average molecular weight is 729 g/mol. The highest BCUT2D eigenvalue weighted by atomic mass is 35.5. The summed E-state index contributed by atoms with van der Waals surface area (Å²) in [7, 11) is 1.35. The molecule has 1 aliphatic carbocycles. The van der Waals surface area contributed by atoms with Crippen molar-refractivity contribution in [1.82, 2.24) is 25.8 Å². The lowest BCUT2D eigenvalue weighted by Gasteiger charge is -2.29. The summed E-state index contributed by atoms with van der Waals surface area (Å²) in [5, 5.41) is 16.8. The fraction of sp³-hybridized carbons (Fsp3) is 0.385. The van der Waals surface area contributed by atoms with E-state index in [9.17, 15) is 19.2 Å². The Morgan fingerprint density at radius 3 is 2.19 bits per heavy atom. The summed E-state index contributed by atoms with van der Waals surface area (Å²) in [6, 6.07) is 19.4. The quantitative estimate of drug-likeness (QED) is 0.121. The number of aromatic nitrogens is 3. The van der Waals surface area contributed by atoms with Gasteiger partial charge < -0.3 is 30.4 Å². The molecule has 274 valence electrons. The number of H-pyrrole nitrogens is 1. The summed E-state index contributed by atoms with van der Waals surface area (Å²) < 4.78 is 10.2. The first-order chi connectivity index (χ1) is 24.8. The van der Waals surface area contributed by atoms with Crippen LogP contribution in [0.3, 0.4) is 0 Å². The summed E-state index contributed by atoms with van der Waals surface area (Å²) in [5.74, 6) is -0.423. The van der Waals surface area contributed by atoms with Gasteiger partial charge in [0.15, 0.2) is 5.82 Å². The highest BCUT2D eigenvalue weighted by molar-refractivity contribution is 6.28. The van der Waals surface area contributed by atoms with Gasteiger partial charge in [-0.3, -0.25) is 9.59 Å². The molecule has 12 nitrogen and oxygen atoms in total. The van der Waals surface area contributed by atoms with Gasteiger partial charge >= 0.3 is 12.1 Å². The van der Waals surface area contributed by atoms with Crippen molar-refractivity contribution in [3.05, 3.63) is 88.7 Å². The number of esters is 1. The lowest BCUT2D eigenvalue weighted by Crippen LogP contribution is -2.48. The van der Waals surface area contributed by atoms with Crippen molar-refractivity contribution in [3.63, 3.8) is 0 Å². The van der Waals surface area contributed by atoms with Crippen LogP contribution in [0, 0.1) is 18.8 Å². The topological polar surface area (TPSA) is 164 Å². The smallest absolute Gasteiger partial charge is 0.407 e. The maximum Gasteiger partial charge on any atom is 0.407 e. The zero-order valence-electron chi connectivity index (χ0n) is 30.0. The van der Waals surface area contributed by atoms with Crippen molar-refractivity contribution in [3.8, 4) is 22.5 Å². The molecule has 0 spiro atoms. The molecule has 0 aliphatic heterocycles. The Balaban J connectivity index is 1.26. The number of carbonyl (C=O) groups is 4. The van der Waals surface area contributed by atoms with E-state index in [4.69, 9.17) is 21.1 Å². The maximum atomic E-state index is 13.8. The first-order valence-electron chi connectivity index (χ1n) is 17.3. The van der Waals surface area contributed by atoms with Crippen LogP contribution in [0.25, 0.3) is 22.5 Å². The number of aryl methyl sites for hydroxylation is 1. The Hall–Kier alpha value is -5.23. The van der Waals surface area contributed by atoms with Crippen LogP contribution in [0.2, 0.25) is 5.28 Å². The van der Waals surface area contributed by atoms with E-state index in [0.29, 0.717) is 36.5 Å². The first kappa shape index (κ1) is 38.0. The van der Waals surface area contributed by atoms with E-state index >= 15 is 0 Å². The standard InChI is InChI=1S/C39H45ClN6O6/c1-23-20-29(36(49)51-5)16-19-31(23)26-10-6-24(7-11-26)21-32(35(48)42-30-17-14-27(15-18-30)33-44-37(40)46-45-33)43-34(47)28-12-8-25(9-13-28)22-41-38(50)52-39(2,3)4/h6-7,10-11,14-20,25,28,32H,8-9,12-13,21-22H2,1-5H3,(H,41,50)(H,42,48)(H,43,47)(H,44,45,46)/t25-,28-,32?. The predicted molar refractivity (Wildman–Crippen MR) is 199 cm³/mol. The second-order valence-corrected chi connectivity index (χ2v) is 14.5. The minimum atomic E-state index is -0.848. The Morgan fingerprint density at radius 2 is 1.60 bits per heavy atom. The van der Waals surface area contributed by atoms with Crippen LogP contribution < -0.4 is 16.0 Å². The number of amides is 3. The number of rotatable bonds is 11. The fourth-order valence-electron chi connectivity index (χ4n) is 6.27. The molecule has 1 unspecified atom stereocenters. The first-order valence-corrected chi connectivity index (χ1v) is 17.7. The lowest BCUT2D eigenvalue weighted by atomic mass is 9.81. The van der Waals surface area contributed by atoms with Crippen LogP contribution in [-0.2, 0) is 25.5 Å². The van der Waals surface area contributed by atoms with E-state index < -0.39 is 23.7 Å². The average Bonchev–Trinajstić information content (AvgIpc) is 3.56. The van der Waals surface area contributed by atoms with Crippen molar-refractivity contribution >= 4 is 41.2 Å². The number of ether oxygens (including phenoxy) is 2. The number of nitrogens with one attached hydrogen (secondary N) is 4. The Labute approximate surface area is 308 Å². The lowest BCUT2D eigenvalue weighted by molar-refractivity contribution is -0.130. The maximum absolute atomic E-state index is 13.8. The summed E-state index contributed by atoms with van der Waals surface area (Å²) in [4.78, 5) is 54.3. The van der Waals surface area contributed by atoms with Gasteiger partial charge in [0, 0.05) is 30.1 Å². The number of aromatic amines is 1. The van der Waals surface area contributed by atoms with Crippen molar-refractivity contribution in [2.45, 2.75) is 71.4 Å². The van der Waals surface area contributed by atoms with Crippen LogP contribution in [0.5, 0.6) is 0 Å². The van der Waals surface area contributed by atoms with E-state index in [-0.39, 0.29) is 35.4 Å². The second-order valence-electron chi connectivity index (χ2n) is 14.1. The molecule has 5 rings (SSSR count). The van der Waals surface area contributed by atoms with Gasteiger partial charge in [0.05, 0.1) is 12.7 Å². The number of hydrogen-bond donors (Lipinski definition) is 4. The number of anilines is 1. The SMILES string of the molecule is COC(=O)c1ccc(-c2ccc(CC(NC(=O)[C@H]3CC[C@H](CNC(=O)OC(C)(C)C)CC3)C(=O)Nc3ccc(-c4nnc(Cl)[nH]4)cc3)cc2)c(C)c1. The molecule has 1 aliphatic rings. The monoisotopic (exact) mass is 728 g/mol. The molecule has 1 fully saturated rings. The number of benzene rings is 3. The highest BCUT2D eigenvalue weighted by Gasteiger charge is 2.30. The third kappa shape index (κ3) is 10.4. The van der Waals surface area contributed by atoms with Gasteiger partial charge in [-0.2, -0.15) is 0 Å². The number of hydrogen-bond acceptors (Lipinski definition) is 8. The van der Waals surface area contributed by atoms with Gasteiger partial charge in [-0.25, -0.2) is 9.59 Å². The molecule has 0 bridgehead atoms. The summed E-state index contributed by atoms with van der Waals surface area (Å²) >= 11 is 5.87. The van der Waals surface area contributed by atoms with Crippen molar-refractivity contribution in [1.29, 1.82) is 0 Å². The zero-order chi connectivity index (χ0) is 37.4. The highest BCUT2D eigenvalue weighted by Crippen LogP contribution is 2.30. The van der Waals surface area contributed by atoms with Crippen LogP contribution >= 0.6 is 11.6 Å². The molecule has 4 aromatic rings.